The minimum atomic E-state index is -0.449. The molecule has 0 spiro atoms. The Morgan fingerprint density at radius 3 is 2.80 bits per heavy atom. The molecule has 128 valence electrons. The van der Waals surface area contributed by atoms with Gasteiger partial charge >= 0.3 is 0 Å². The number of fused-ring (bicyclic) bond motifs is 1. The predicted molar refractivity (Wildman–Crippen MR) is 88.6 cm³/mol. The van der Waals surface area contributed by atoms with Crippen molar-refractivity contribution in [1.82, 2.24) is 20.4 Å². The Kier molecular flexibility index (Phi) is 3.71. The standard InChI is InChI=1S/C18H17FN4O2/c1-9(18-21-10(2)23-25-18)20-17(24)14-8-16(11-3-4-11)22-15-6-5-12(19)7-13(14)15/h5-9,11H,3-4H2,1-2H3,(H,20,24)/t9-/m1/s1. The van der Waals surface area contributed by atoms with Gasteiger partial charge in [-0.15, -0.1) is 0 Å². The number of rotatable bonds is 4. The van der Waals surface area contributed by atoms with Crippen LogP contribution in [0.15, 0.2) is 28.8 Å². The maximum Gasteiger partial charge on any atom is 0.252 e. The molecule has 3 aromatic rings. The summed E-state index contributed by atoms with van der Waals surface area (Å²) in [5, 5.41) is 7.06. The van der Waals surface area contributed by atoms with Crippen LogP contribution in [-0.4, -0.2) is 21.0 Å². The highest BCUT2D eigenvalue weighted by molar-refractivity contribution is 6.06. The summed E-state index contributed by atoms with van der Waals surface area (Å²) < 4.78 is 18.8. The first kappa shape index (κ1) is 15.7. The first-order valence-electron chi connectivity index (χ1n) is 8.22. The molecule has 25 heavy (non-hydrogen) atoms. The lowest BCUT2D eigenvalue weighted by molar-refractivity contribution is 0.0934. The molecule has 0 aliphatic heterocycles. The quantitative estimate of drug-likeness (QED) is 0.787. The first-order valence-corrected chi connectivity index (χ1v) is 8.22. The van der Waals surface area contributed by atoms with Gasteiger partial charge in [0, 0.05) is 17.0 Å². The molecular formula is C18H17FN4O2. The molecule has 0 radical (unpaired) electrons. The van der Waals surface area contributed by atoms with Gasteiger partial charge in [0.1, 0.15) is 11.9 Å². The van der Waals surface area contributed by atoms with Gasteiger partial charge in [-0.1, -0.05) is 5.16 Å². The van der Waals surface area contributed by atoms with Crippen LogP contribution in [-0.2, 0) is 0 Å². The zero-order chi connectivity index (χ0) is 17.6. The number of halogens is 1. The lowest BCUT2D eigenvalue weighted by atomic mass is 10.0. The predicted octanol–water partition coefficient (Wildman–Crippen LogP) is 3.43. The molecule has 0 saturated heterocycles. The van der Waals surface area contributed by atoms with E-state index in [0.29, 0.717) is 34.1 Å². The number of hydrogen-bond donors (Lipinski definition) is 1. The van der Waals surface area contributed by atoms with Crippen LogP contribution in [0.1, 0.15) is 59.5 Å². The van der Waals surface area contributed by atoms with Gasteiger partial charge in [0.2, 0.25) is 5.89 Å². The largest absolute Gasteiger partial charge is 0.340 e. The second-order valence-electron chi connectivity index (χ2n) is 6.41. The third-order valence-electron chi connectivity index (χ3n) is 4.29. The summed E-state index contributed by atoms with van der Waals surface area (Å²) >= 11 is 0. The van der Waals surface area contributed by atoms with Gasteiger partial charge in [-0.05, 0) is 51.0 Å². The van der Waals surface area contributed by atoms with Crippen LogP contribution in [0.2, 0.25) is 0 Å². The normalized spacial score (nSPS) is 15.3. The van der Waals surface area contributed by atoms with Crippen LogP contribution < -0.4 is 5.32 Å². The molecule has 7 heteroatoms. The summed E-state index contributed by atoms with van der Waals surface area (Å²) in [7, 11) is 0. The van der Waals surface area contributed by atoms with Crippen molar-refractivity contribution in [2.24, 2.45) is 0 Å². The van der Waals surface area contributed by atoms with Gasteiger partial charge in [0.15, 0.2) is 5.82 Å². The molecule has 6 nitrogen and oxygen atoms in total. The van der Waals surface area contributed by atoms with Crippen molar-refractivity contribution >= 4 is 16.8 Å². The van der Waals surface area contributed by atoms with Crippen molar-refractivity contribution in [2.75, 3.05) is 0 Å². The second kappa shape index (κ2) is 5.91. The minimum absolute atomic E-state index is 0.316. The number of hydrogen-bond acceptors (Lipinski definition) is 5. The lowest BCUT2D eigenvalue weighted by Crippen LogP contribution is -2.27. The van der Waals surface area contributed by atoms with Crippen LogP contribution in [0, 0.1) is 12.7 Å². The van der Waals surface area contributed by atoms with Crippen LogP contribution in [0.5, 0.6) is 0 Å². The Morgan fingerprint density at radius 1 is 1.32 bits per heavy atom. The molecule has 0 unspecified atom stereocenters. The van der Waals surface area contributed by atoms with Crippen LogP contribution in [0.25, 0.3) is 10.9 Å². The van der Waals surface area contributed by atoms with Crippen molar-refractivity contribution in [2.45, 2.75) is 38.6 Å². The first-order chi connectivity index (χ1) is 12.0. The van der Waals surface area contributed by atoms with Gasteiger partial charge in [-0.3, -0.25) is 9.78 Å². The summed E-state index contributed by atoms with van der Waals surface area (Å²) in [4.78, 5) is 21.5. The van der Waals surface area contributed by atoms with Crippen LogP contribution in [0.4, 0.5) is 4.39 Å². The highest BCUT2D eigenvalue weighted by Crippen LogP contribution is 2.40. The smallest absolute Gasteiger partial charge is 0.252 e. The zero-order valence-corrected chi connectivity index (χ0v) is 13.9. The van der Waals surface area contributed by atoms with E-state index in [0.717, 1.165) is 18.5 Å². The highest BCUT2D eigenvalue weighted by Gasteiger charge is 2.27. The van der Waals surface area contributed by atoms with Gasteiger partial charge < -0.3 is 9.84 Å². The van der Waals surface area contributed by atoms with E-state index >= 15 is 0 Å². The topological polar surface area (TPSA) is 80.9 Å². The highest BCUT2D eigenvalue weighted by atomic mass is 19.1. The van der Waals surface area contributed by atoms with Gasteiger partial charge in [-0.25, -0.2) is 4.39 Å². The Hall–Kier alpha value is -2.83. The Balaban J connectivity index is 1.71. The van der Waals surface area contributed by atoms with Crippen LogP contribution >= 0.6 is 0 Å². The van der Waals surface area contributed by atoms with E-state index in [4.69, 9.17) is 4.52 Å². The number of amides is 1. The molecule has 1 atom stereocenters. The number of nitrogens with one attached hydrogen (secondary N) is 1. The molecule has 1 fully saturated rings. The van der Waals surface area contributed by atoms with Crippen molar-refractivity contribution in [3.8, 4) is 0 Å². The van der Waals surface area contributed by atoms with Crippen molar-refractivity contribution in [3.05, 3.63) is 53.1 Å². The van der Waals surface area contributed by atoms with E-state index in [1.807, 2.05) is 0 Å². The fourth-order valence-electron chi connectivity index (χ4n) is 2.82. The molecule has 2 heterocycles. The Labute approximate surface area is 143 Å². The summed E-state index contributed by atoms with van der Waals surface area (Å²) in [6.07, 6.45) is 2.14. The van der Waals surface area contributed by atoms with E-state index < -0.39 is 11.9 Å². The van der Waals surface area contributed by atoms with E-state index in [9.17, 15) is 9.18 Å². The van der Waals surface area contributed by atoms with Crippen molar-refractivity contribution < 1.29 is 13.7 Å². The zero-order valence-electron chi connectivity index (χ0n) is 13.9. The van der Waals surface area contributed by atoms with E-state index in [1.165, 1.54) is 12.1 Å². The Morgan fingerprint density at radius 2 is 2.12 bits per heavy atom. The maximum absolute atomic E-state index is 13.7. The number of carbonyl (C=O) groups excluding carboxylic acids is 1. The molecule has 1 aromatic carbocycles. The number of benzene rings is 1. The summed E-state index contributed by atoms with van der Waals surface area (Å²) in [5.74, 6) is 0.504. The van der Waals surface area contributed by atoms with E-state index in [-0.39, 0.29) is 5.91 Å². The third-order valence-corrected chi connectivity index (χ3v) is 4.29. The summed E-state index contributed by atoms with van der Waals surface area (Å²) in [6, 6.07) is 5.63. The lowest BCUT2D eigenvalue weighted by Gasteiger charge is -2.13. The molecule has 2 aromatic heterocycles. The minimum Gasteiger partial charge on any atom is -0.340 e. The average Bonchev–Trinajstić information content (AvgIpc) is 3.34. The SMILES string of the molecule is Cc1noc([C@@H](C)NC(=O)c2cc(C3CC3)nc3ccc(F)cc23)n1. The number of nitrogens with zero attached hydrogens (tertiary/aromatic N) is 3. The third kappa shape index (κ3) is 3.09. The molecule has 1 aliphatic rings. The van der Waals surface area contributed by atoms with Gasteiger partial charge in [-0.2, -0.15) is 4.98 Å². The molecule has 1 aliphatic carbocycles. The van der Waals surface area contributed by atoms with Crippen LogP contribution in [0.3, 0.4) is 0 Å². The van der Waals surface area contributed by atoms with Gasteiger partial charge in [0.25, 0.3) is 5.91 Å². The fraction of sp³-hybridized carbons (Fsp3) is 0.333. The molecule has 1 N–H and O–H groups in total. The monoisotopic (exact) mass is 340 g/mol. The number of aryl methyl sites for hydroxylation is 1. The molecule has 0 bridgehead atoms. The average molecular weight is 340 g/mol. The Bertz CT molecular complexity index is 965. The van der Waals surface area contributed by atoms with E-state index in [1.54, 1.807) is 26.0 Å². The van der Waals surface area contributed by atoms with Crippen molar-refractivity contribution in [1.29, 1.82) is 0 Å². The van der Waals surface area contributed by atoms with E-state index in [2.05, 4.69) is 20.4 Å². The summed E-state index contributed by atoms with van der Waals surface area (Å²) in [6.45, 7) is 3.47. The van der Waals surface area contributed by atoms with Gasteiger partial charge in [0.05, 0.1) is 11.1 Å². The molecular weight excluding hydrogens is 323 g/mol. The summed E-state index contributed by atoms with van der Waals surface area (Å²) in [5.41, 5.74) is 1.91. The second-order valence-corrected chi connectivity index (χ2v) is 6.41. The number of aromatic nitrogens is 3. The van der Waals surface area contributed by atoms with Crippen molar-refractivity contribution in [3.63, 3.8) is 0 Å². The number of carbonyl (C=O) groups is 1. The number of pyridine rings is 1. The molecule has 1 saturated carbocycles. The maximum atomic E-state index is 13.7. The molecule has 4 rings (SSSR count). The molecule has 1 amide bonds. The fourth-order valence-corrected chi connectivity index (χ4v) is 2.82.